The van der Waals surface area contributed by atoms with Crippen molar-refractivity contribution in [2.75, 3.05) is 4.90 Å². The van der Waals surface area contributed by atoms with Crippen LogP contribution in [0.25, 0.3) is 105 Å². The van der Waals surface area contributed by atoms with E-state index in [1.165, 1.54) is 110 Å². The van der Waals surface area contributed by atoms with Crippen molar-refractivity contribution in [2.24, 2.45) is 0 Å². The summed E-state index contributed by atoms with van der Waals surface area (Å²) in [4.78, 5) is 2.45. The molecular formula is C77H50N2. The van der Waals surface area contributed by atoms with Crippen molar-refractivity contribution in [3.8, 4) is 72.4 Å². The zero-order chi connectivity index (χ0) is 52.0. The number of hydrogen-bond acceptors (Lipinski definition) is 1. The number of para-hydroxylation sites is 1. The van der Waals surface area contributed by atoms with Gasteiger partial charge in [-0.1, -0.05) is 231 Å². The highest BCUT2D eigenvalue weighted by Crippen LogP contribution is 2.63. The Morgan fingerprint density at radius 1 is 0.241 bits per heavy atom. The molecule has 2 heteroatoms. The first-order valence-electron chi connectivity index (χ1n) is 27.4. The maximum Gasteiger partial charge on any atom is 0.0726 e. The number of benzene rings is 13. The maximum absolute atomic E-state index is 2.49. The van der Waals surface area contributed by atoms with Crippen LogP contribution in [0.15, 0.2) is 303 Å². The lowest BCUT2D eigenvalue weighted by Crippen LogP contribution is -2.26. The summed E-state index contributed by atoms with van der Waals surface area (Å²) in [5, 5.41) is 4.97. The standard InChI is InChI=1S/C77H50N2/c1-2-15-51(16-3-1)53-35-42-62(43-36-53)79-75-28-13-9-24-69(75)70-49-60(39-46-76(70)79)55-31-29-54(30-32-55)58-19-14-20-63(48-58)78(61-40-37-56(38-41-61)59-34-33-52-17-4-5-18-57(52)47-59)64-44-45-68-67-23-8-12-27-73(67)77(74(68)50-64)71-25-10-6-21-65(71)66-22-7-11-26-72(66)77/h1-50H. The number of rotatable bonds is 8. The molecule has 2 nitrogen and oxygen atoms in total. The Morgan fingerprint density at radius 2 is 0.696 bits per heavy atom. The van der Waals surface area contributed by atoms with Crippen molar-refractivity contribution in [3.63, 3.8) is 0 Å². The van der Waals surface area contributed by atoms with Crippen LogP contribution in [0.1, 0.15) is 22.3 Å². The Kier molecular flexibility index (Phi) is 10.2. The third-order valence-corrected chi connectivity index (χ3v) is 17.0. The maximum atomic E-state index is 2.49. The van der Waals surface area contributed by atoms with Gasteiger partial charge in [-0.25, -0.2) is 0 Å². The van der Waals surface area contributed by atoms with E-state index in [9.17, 15) is 0 Å². The van der Waals surface area contributed by atoms with Gasteiger partial charge in [-0.15, -0.1) is 0 Å². The zero-order valence-electron chi connectivity index (χ0n) is 43.3. The summed E-state index contributed by atoms with van der Waals surface area (Å²) in [5.74, 6) is 0. The average molecular weight is 1000 g/mol. The lowest BCUT2D eigenvalue weighted by molar-refractivity contribution is 0.793. The highest BCUT2D eigenvalue weighted by atomic mass is 15.1. The van der Waals surface area contributed by atoms with Crippen LogP contribution in [-0.2, 0) is 5.41 Å². The smallest absolute Gasteiger partial charge is 0.0726 e. The van der Waals surface area contributed by atoms with Crippen molar-refractivity contribution in [1.29, 1.82) is 0 Å². The van der Waals surface area contributed by atoms with Gasteiger partial charge in [0.15, 0.2) is 0 Å². The largest absolute Gasteiger partial charge is 0.310 e. The van der Waals surface area contributed by atoms with Crippen LogP contribution in [0, 0.1) is 0 Å². The van der Waals surface area contributed by atoms with Gasteiger partial charge in [-0.2, -0.15) is 0 Å². The van der Waals surface area contributed by atoms with Gasteiger partial charge in [-0.05, 0) is 173 Å². The van der Waals surface area contributed by atoms with E-state index in [1.54, 1.807) is 0 Å². The van der Waals surface area contributed by atoms with E-state index < -0.39 is 5.41 Å². The summed E-state index contributed by atoms with van der Waals surface area (Å²) < 4.78 is 2.40. The quantitative estimate of drug-likeness (QED) is 0.147. The first-order valence-corrected chi connectivity index (χ1v) is 27.4. The molecule has 0 aliphatic heterocycles. The Balaban J connectivity index is 0.789. The molecule has 16 rings (SSSR count). The van der Waals surface area contributed by atoms with E-state index in [1.807, 2.05) is 0 Å². The number of hydrogen-bond donors (Lipinski definition) is 0. The van der Waals surface area contributed by atoms with E-state index >= 15 is 0 Å². The number of fused-ring (bicyclic) bond motifs is 14. The van der Waals surface area contributed by atoms with Gasteiger partial charge in [-0.3, -0.25) is 0 Å². The first kappa shape index (κ1) is 45.0. The van der Waals surface area contributed by atoms with Crippen LogP contribution >= 0.6 is 0 Å². The molecule has 0 radical (unpaired) electrons. The molecule has 14 aromatic rings. The molecule has 0 saturated heterocycles. The summed E-state index contributed by atoms with van der Waals surface area (Å²) in [6, 6.07) is 112. The Hall–Kier alpha value is -10.3. The second-order valence-corrected chi connectivity index (χ2v) is 21.2. The van der Waals surface area contributed by atoms with Gasteiger partial charge in [0.05, 0.1) is 16.4 Å². The minimum atomic E-state index is -0.457. The predicted molar refractivity (Wildman–Crippen MR) is 331 cm³/mol. The molecule has 0 N–H and O–H groups in total. The van der Waals surface area contributed by atoms with E-state index in [4.69, 9.17) is 0 Å². The van der Waals surface area contributed by atoms with Crippen molar-refractivity contribution < 1.29 is 0 Å². The molecule has 1 aromatic heterocycles. The van der Waals surface area contributed by atoms with Crippen molar-refractivity contribution in [3.05, 3.63) is 326 Å². The molecule has 0 amide bonds. The molecule has 0 bridgehead atoms. The predicted octanol–water partition coefficient (Wildman–Crippen LogP) is 20.4. The van der Waals surface area contributed by atoms with Gasteiger partial charge in [0.25, 0.3) is 0 Å². The van der Waals surface area contributed by atoms with Crippen molar-refractivity contribution >= 4 is 49.6 Å². The molecule has 0 atom stereocenters. The van der Waals surface area contributed by atoms with Gasteiger partial charge < -0.3 is 9.47 Å². The molecule has 79 heavy (non-hydrogen) atoms. The van der Waals surface area contributed by atoms with Crippen LogP contribution < -0.4 is 4.90 Å². The van der Waals surface area contributed by atoms with E-state index in [-0.39, 0.29) is 0 Å². The summed E-state index contributed by atoms with van der Waals surface area (Å²) in [6.07, 6.45) is 0. The molecule has 1 heterocycles. The van der Waals surface area contributed by atoms with Crippen LogP contribution in [0.2, 0.25) is 0 Å². The number of anilines is 3. The molecular weight excluding hydrogens is 953 g/mol. The highest BCUT2D eigenvalue weighted by Gasteiger charge is 2.51. The molecule has 0 fully saturated rings. The normalized spacial score (nSPS) is 12.7. The lowest BCUT2D eigenvalue weighted by Gasteiger charge is -2.32. The fourth-order valence-electron chi connectivity index (χ4n) is 13.4. The van der Waals surface area contributed by atoms with E-state index in [0.29, 0.717) is 0 Å². The van der Waals surface area contributed by atoms with Crippen LogP contribution in [0.4, 0.5) is 17.1 Å². The SMILES string of the molecule is c1ccc(-c2ccc(-n3c4ccccc4c4cc(-c5ccc(-c6cccc(N(c7ccc(-c8ccc9ccccc9c8)cc7)c7ccc8c(c7)C7(c9ccccc9-c9ccccc97)c7ccccc7-8)c6)cc5)ccc43)cc2)cc1. The second-order valence-electron chi connectivity index (χ2n) is 21.2. The van der Waals surface area contributed by atoms with Crippen molar-refractivity contribution in [1.82, 2.24) is 4.57 Å². The third kappa shape index (κ3) is 7.05. The fourth-order valence-corrected chi connectivity index (χ4v) is 13.4. The minimum Gasteiger partial charge on any atom is -0.310 e. The molecule has 1 spiro atoms. The van der Waals surface area contributed by atoms with Gasteiger partial charge >= 0.3 is 0 Å². The lowest BCUT2D eigenvalue weighted by atomic mass is 9.70. The van der Waals surface area contributed by atoms with Crippen LogP contribution in [-0.4, -0.2) is 4.57 Å². The number of nitrogens with zero attached hydrogens (tertiary/aromatic N) is 2. The fraction of sp³-hybridized carbons (Fsp3) is 0.0130. The Bertz CT molecular complexity index is 4630. The third-order valence-electron chi connectivity index (χ3n) is 17.0. The summed E-state index contributed by atoms with van der Waals surface area (Å²) in [5.41, 5.74) is 26.4. The molecule has 368 valence electrons. The van der Waals surface area contributed by atoms with E-state index in [0.717, 1.165) is 33.9 Å². The Labute approximate surface area is 460 Å². The summed E-state index contributed by atoms with van der Waals surface area (Å²) in [7, 11) is 0. The average Bonchev–Trinajstić information content (AvgIpc) is 3.79. The number of aromatic nitrogens is 1. The molecule has 0 unspecified atom stereocenters. The van der Waals surface area contributed by atoms with Gasteiger partial charge in [0.1, 0.15) is 0 Å². The van der Waals surface area contributed by atoms with Gasteiger partial charge in [0, 0.05) is 33.5 Å². The zero-order valence-corrected chi connectivity index (χ0v) is 43.3. The minimum absolute atomic E-state index is 0.457. The molecule has 2 aliphatic rings. The van der Waals surface area contributed by atoms with Crippen LogP contribution in [0.5, 0.6) is 0 Å². The van der Waals surface area contributed by atoms with Crippen LogP contribution in [0.3, 0.4) is 0 Å². The van der Waals surface area contributed by atoms with Gasteiger partial charge in [0.2, 0.25) is 0 Å². The molecule has 0 saturated carbocycles. The Morgan fingerprint density at radius 3 is 1.39 bits per heavy atom. The highest BCUT2D eigenvalue weighted by molar-refractivity contribution is 6.10. The van der Waals surface area contributed by atoms with Crippen molar-refractivity contribution in [2.45, 2.75) is 5.41 Å². The van der Waals surface area contributed by atoms with E-state index in [2.05, 4.69) is 313 Å². The molecule has 13 aromatic carbocycles. The monoisotopic (exact) mass is 1000 g/mol. The summed E-state index contributed by atoms with van der Waals surface area (Å²) in [6.45, 7) is 0. The summed E-state index contributed by atoms with van der Waals surface area (Å²) >= 11 is 0. The second kappa shape index (κ2) is 17.9. The molecule has 2 aliphatic carbocycles. The topological polar surface area (TPSA) is 8.17 Å². The first-order chi connectivity index (χ1) is 39.2.